The van der Waals surface area contributed by atoms with Crippen LogP contribution in [0.3, 0.4) is 0 Å². The molecule has 0 saturated carbocycles. The lowest BCUT2D eigenvalue weighted by molar-refractivity contribution is -0.146. The molecule has 3 rings (SSSR count). The van der Waals surface area contributed by atoms with Crippen LogP contribution in [0, 0.1) is 29.1 Å². The van der Waals surface area contributed by atoms with Gasteiger partial charge in [0.05, 0.1) is 17.4 Å². The molecule has 2 N–H and O–H groups in total. The number of aryl methyl sites for hydroxylation is 1. The summed E-state index contributed by atoms with van der Waals surface area (Å²) in [6.07, 6.45) is 4.97. The maximum Gasteiger partial charge on any atom is 0.307 e. The third-order valence-corrected chi connectivity index (χ3v) is 6.52. The standard InChI is InChI=1S/C18H19ClN2O3S/c1-9-2-5-15-12(6-9)14(8-20)17(25-15)21-16(22)13-7-10(19)3-4-11(13)18(23)24/h3,9,11,13H,2,4-7H2,1H3,(H,21,22)(H,23,24)/t9-,11-,13-/m1/s1. The lowest BCUT2D eigenvalue weighted by atomic mass is 9.82. The van der Waals surface area contributed by atoms with Gasteiger partial charge in [0, 0.05) is 9.91 Å². The number of aliphatic carboxylic acids is 1. The van der Waals surface area contributed by atoms with Gasteiger partial charge in [-0.3, -0.25) is 9.59 Å². The highest BCUT2D eigenvalue weighted by atomic mass is 35.5. The van der Waals surface area contributed by atoms with Gasteiger partial charge < -0.3 is 10.4 Å². The molecule has 0 aliphatic heterocycles. The van der Waals surface area contributed by atoms with Gasteiger partial charge in [0.15, 0.2) is 0 Å². The number of carboxylic acids is 1. The molecule has 0 spiro atoms. The second-order valence-electron chi connectivity index (χ2n) is 6.80. The Hall–Kier alpha value is -1.84. The van der Waals surface area contributed by atoms with Crippen molar-refractivity contribution in [3.8, 4) is 6.07 Å². The third kappa shape index (κ3) is 3.58. The first kappa shape index (κ1) is 18.0. The van der Waals surface area contributed by atoms with E-state index < -0.39 is 17.8 Å². The number of carbonyl (C=O) groups is 2. The number of anilines is 1. The van der Waals surface area contributed by atoms with Gasteiger partial charge in [-0.05, 0) is 43.6 Å². The Morgan fingerprint density at radius 2 is 2.16 bits per heavy atom. The summed E-state index contributed by atoms with van der Waals surface area (Å²) in [7, 11) is 0. The van der Waals surface area contributed by atoms with Crippen LogP contribution in [-0.4, -0.2) is 17.0 Å². The van der Waals surface area contributed by atoms with Crippen LogP contribution in [0.4, 0.5) is 5.00 Å². The summed E-state index contributed by atoms with van der Waals surface area (Å²) in [5.74, 6) is -2.36. The second kappa shape index (κ2) is 7.19. The van der Waals surface area contributed by atoms with E-state index in [0.29, 0.717) is 21.5 Å². The monoisotopic (exact) mass is 378 g/mol. The van der Waals surface area contributed by atoms with Gasteiger partial charge in [0.1, 0.15) is 11.1 Å². The molecule has 25 heavy (non-hydrogen) atoms. The summed E-state index contributed by atoms with van der Waals surface area (Å²) >= 11 is 7.47. The van der Waals surface area contributed by atoms with Crippen molar-refractivity contribution in [1.82, 2.24) is 0 Å². The average molecular weight is 379 g/mol. The van der Waals surface area contributed by atoms with Gasteiger partial charge >= 0.3 is 5.97 Å². The molecule has 0 fully saturated rings. The fraction of sp³-hybridized carbons (Fsp3) is 0.500. The van der Waals surface area contributed by atoms with Gasteiger partial charge in [0.25, 0.3) is 0 Å². The Morgan fingerprint density at radius 3 is 2.84 bits per heavy atom. The number of halogens is 1. The SMILES string of the molecule is C[C@@H]1CCc2sc(NC(=O)[C@@H]3CC(Cl)=CC[C@H]3C(=O)O)c(C#N)c2C1. The maximum absolute atomic E-state index is 12.7. The van der Waals surface area contributed by atoms with Crippen LogP contribution in [0.15, 0.2) is 11.1 Å². The van der Waals surface area contributed by atoms with E-state index in [0.717, 1.165) is 29.7 Å². The van der Waals surface area contributed by atoms with Gasteiger partial charge in [-0.15, -0.1) is 11.3 Å². The summed E-state index contributed by atoms with van der Waals surface area (Å²) in [5, 5.41) is 22.8. The molecule has 2 aliphatic rings. The largest absolute Gasteiger partial charge is 0.481 e. The quantitative estimate of drug-likeness (QED) is 0.834. The van der Waals surface area contributed by atoms with Gasteiger partial charge in [-0.25, -0.2) is 0 Å². The van der Waals surface area contributed by atoms with Crippen molar-refractivity contribution in [1.29, 1.82) is 5.26 Å². The first-order valence-corrected chi connectivity index (χ1v) is 9.53. The van der Waals surface area contributed by atoms with E-state index in [1.165, 1.54) is 11.3 Å². The van der Waals surface area contributed by atoms with Crippen LogP contribution >= 0.6 is 22.9 Å². The number of thiophene rings is 1. The summed E-state index contributed by atoms with van der Waals surface area (Å²) in [5.41, 5.74) is 1.57. The van der Waals surface area contributed by atoms with Crippen LogP contribution in [0.1, 0.15) is 42.2 Å². The second-order valence-corrected chi connectivity index (χ2v) is 8.39. The third-order valence-electron chi connectivity index (χ3n) is 5.00. The molecule has 1 aromatic heterocycles. The normalized spacial score (nSPS) is 25.5. The molecule has 2 aliphatic carbocycles. The van der Waals surface area contributed by atoms with E-state index >= 15 is 0 Å². The number of carbonyl (C=O) groups excluding carboxylic acids is 1. The Labute approximate surface area is 155 Å². The first-order chi connectivity index (χ1) is 11.9. The Kier molecular flexibility index (Phi) is 5.16. The molecule has 0 bridgehead atoms. The van der Waals surface area contributed by atoms with E-state index in [2.05, 4.69) is 18.3 Å². The number of allylic oxidation sites excluding steroid dienone is 2. The van der Waals surface area contributed by atoms with Crippen molar-refractivity contribution in [3.63, 3.8) is 0 Å². The Bertz CT molecular complexity index is 793. The summed E-state index contributed by atoms with van der Waals surface area (Å²) in [6.45, 7) is 2.16. The average Bonchev–Trinajstić information content (AvgIpc) is 2.90. The minimum absolute atomic E-state index is 0.217. The van der Waals surface area contributed by atoms with E-state index in [4.69, 9.17) is 11.6 Å². The van der Waals surface area contributed by atoms with Gasteiger partial charge in [0.2, 0.25) is 5.91 Å². The molecule has 0 radical (unpaired) electrons. The van der Waals surface area contributed by atoms with Crippen molar-refractivity contribution >= 4 is 39.8 Å². The maximum atomic E-state index is 12.7. The number of nitrogens with zero attached hydrogens (tertiary/aromatic N) is 1. The van der Waals surface area contributed by atoms with E-state index in [-0.39, 0.29) is 18.7 Å². The highest BCUT2D eigenvalue weighted by molar-refractivity contribution is 7.16. The topological polar surface area (TPSA) is 90.2 Å². The summed E-state index contributed by atoms with van der Waals surface area (Å²) in [6, 6.07) is 2.22. The zero-order valence-electron chi connectivity index (χ0n) is 13.8. The van der Waals surface area contributed by atoms with Crippen LogP contribution in [0.5, 0.6) is 0 Å². The lowest BCUT2D eigenvalue weighted by Gasteiger charge is -2.25. The van der Waals surface area contributed by atoms with E-state index in [1.54, 1.807) is 6.08 Å². The van der Waals surface area contributed by atoms with Gasteiger partial charge in [-0.1, -0.05) is 24.6 Å². The molecule has 1 aromatic rings. The van der Waals surface area contributed by atoms with Crippen molar-refractivity contribution < 1.29 is 14.7 Å². The molecule has 5 nitrogen and oxygen atoms in total. The first-order valence-electron chi connectivity index (χ1n) is 8.33. The van der Waals surface area contributed by atoms with E-state index in [1.807, 2.05) is 0 Å². The van der Waals surface area contributed by atoms with Gasteiger partial charge in [-0.2, -0.15) is 5.26 Å². The van der Waals surface area contributed by atoms with Crippen molar-refractivity contribution in [2.75, 3.05) is 5.32 Å². The number of fused-ring (bicyclic) bond motifs is 1. The number of nitrogens with one attached hydrogen (secondary N) is 1. The minimum atomic E-state index is -1.000. The molecule has 0 unspecified atom stereocenters. The van der Waals surface area contributed by atoms with Crippen molar-refractivity contribution in [3.05, 3.63) is 27.1 Å². The smallest absolute Gasteiger partial charge is 0.307 e. The molecule has 1 heterocycles. The van der Waals surface area contributed by atoms with Crippen molar-refractivity contribution in [2.24, 2.45) is 17.8 Å². The number of nitriles is 1. The predicted octanol–water partition coefficient (Wildman–Crippen LogP) is 3.92. The molecule has 3 atom stereocenters. The number of carboxylic acid groups (broad SMARTS) is 1. The van der Waals surface area contributed by atoms with Crippen LogP contribution in [-0.2, 0) is 22.4 Å². The molecule has 7 heteroatoms. The fourth-order valence-corrected chi connectivity index (χ4v) is 5.02. The molecule has 132 valence electrons. The minimum Gasteiger partial charge on any atom is -0.481 e. The number of rotatable bonds is 3. The highest BCUT2D eigenvalue weighted by Crippen LogP contribution is 2.40. The summed E-state index contributed by atoms with van der Waals surface area (Å²) in [4.78, 5) is 25.3. The van der Waals surface area contributed by atoms with Crippen molar-refractivity contribution in [2.45, 2.75) is 39.0 Å². The molecule has 0 aromatic carbocycles. The number of hydrogen-bond donors (Lipinski definition) is 2. The zero-order valence-corrected chi connectivity index (χ0v) is 15.4. The molecular formula is C18H19ClN2O3S. The van der Waals surface area contributed by atoms with Crippen LogP contribution in [0.25, 0.3) is 0 Å². The molecular weight excluding hydrogens is 360 g/mol. The van der Waals surface area contributed by atoms with E-state index in [9.17, 15) is 20.0 Å². The molecule has 1 amide bonds. The van der Waals surface area contributed by atoms with Crippen LogP contribution < -0.4 is 5.32 Å². The van der Waals surface area contributed by atoms with Crippen LogP contribution in [0.2, 0.25) is 0 Å². The predicted molar refractivity (Wildman–Crippen MR) is 96.6 cm³/mol. The fourth-order valence-electron chi connectivity index (χ4n) is 3.57. The lowest BCUT2D eigenvalue weighted by Crippen LogP contribution is -2.35. The highest BCUT2D eigenvalue weighted by Gasteiger charge is 2.37. The molecule has 0 saturated heterocycles. The Balaban J connectivity index is 1.85. The number of hydrogen-bond acceptors (Lipinski definition) is 4. The number of amides is 1. The zero-order chi connectivity index (χ0) is 18.1. The summed E-state index contributed by atoms with van der Waals surface area (Å²) < 4.78 is 0. The Morgan fingerprint density at radius 1 is 1.40 bits per heavy atom.